The van der Waals surface area contributed by atoms with Crippen LogP contribution in [0, 0.1) is 11.6 Å². The van der Waals surface area contributed by atoms with Gasteiger partial charge in [0.15, 0.2) is 11.6 Å². The van der Waals surface area contributed by atoms with Gasteiger partial charge in [0.25, 0.3) is 0 Å². The number of rotatable bonds is 8. The number of amides is 1. The Hall–Kier alpha value is -2.72. The summed E-state index contributed by atoms with van der Waals surface area (Å²) in [5.74, 6) is -2.27. The number of methoxy groups -OCH3 is 1. The molecule has 1 fully saturated rings. The van der Waals surface area contributed by atoms with Crippen molar-refractivity contribution in [3.8, 4) is 5.75 Å². The Morgan fingerprint density at radius 3 is 2.54 bits per heavy atom. The molecule has 28 heavy (non-hydrogen) atoms. The molecule has 0 aliphatic heterocycles. The van der Waals surface area contributed by atoms with E-state index >= 15 is 0 Å². The molecule has 3 N–H and O–H groups in total. The lowest BCUT2D eigenvalue weighted by Crippen LogP contribution is -2.26. The number of hydrogen-bond acceptors (Lipinski definition) is 5. The maximum Gasteiger partial charge on any atom is 0.243 e. The molecule has 1 aliphatic carbocycles. The van der Waals surface area contributed by atoms with Gasteiger partial charge in [-0.05, 0) is 43.2 Å². The van der Waals surface area contributed by atoms with Crippen LogP contribution in [0.3, 0.4) is 0 Å². The van der Waals surface area contributed by atoms with Crippen LogP contribution in [-0.4, -0.2) is 34.0 Å². The van der Waals surface area contributed by atoms with Gasteiger partial charge < -0.3 is 15.4 Å². The van der Waals surface area contributed by atoms with Gasteiger partial charge >= 0.3 is 0 Å². The molecule has 1 amide bonds. The van der Waals surface area contributed by atoms with Gasteiger partial charge in [-0.15, -0.1) is 0 Å². The highest BCUT2D eigenvalue weighted by atomic mass is 32.2. The quantitative estimate of drug-likeness (QED) is 0.620. The van der Waals surface area contributed by atoms with Crippen molar-refractivity contribution in [3.05, 3.63) is 48.0 Å². The second kappa shape index (κ2) is 8.11. The molecule has 0 unspecified atom stereocenters. The van der Waals surface area contributed by atoms with Crippen LogP contribution >= 0.6 is 0 Å². The summed E-state index contributed by atoms with van der Waals surface area (Å²) in [5.41, 5.74) is 0.407. The van der Waals surface area contributed by atoms with Crippen LogP contribution in [0.4, 0.5) is 20.2 Å². The van der Waals surface area contributed by atoms with Crippen LogP contribution in [0.15, 0.2) is 41.3 Å². The van der Waals surface area contributed by atoms with Crippen LogP contribution in [0.1, 0.15) is 12.8 Å². The largest absolute Gasteiger partial charge is 0.495 e. The summed E-state index contributed by atoms with van der Waals surface area (Å²) in [6.07, 6.45) is 1.62. The molecule has 1 aliphatic rings. The summed E-state index contributed by atoms with van der Waals surface area (Å²) in [7, 11) is -2.25. The molecular weight excluding hydrogens is 392 g/mol. The number of nitrogens with one attached hydrogen (secondary N) is 3. The van der Waals surface area contributed by atoms with Crippen molar-refractivity contribution in [2.75, 3.05) is 24.3 Å². The second-order valence-electron chi connectivity index (χ2n) is 6.29. The minimum absolute atomic E-state index is 0.0367. The van der Waals surface area contributed by atoms with E-state index in [1.54, 1.807) is 0 Å². The molecule has 2 aromatic carbocycles. The van der Waals surface area contributed by atoms with Crippen molar-refractivity contribution in [2.45, 2.75) is 23.8 Å². The van der Waals surface area contributed by atoms with E-state index in [4.69, 9.17) is 4.74 Å². The molecule has 150 valence electrons. The van der Waals surface area contributed by atoms with E-state index in [0.717, 1.165) is 25.0 Å². The maximum absolute atomic E-state index is 13.2. The molecule has 0 heterocycles. The number of anilines is 2. The predicted octanol–water partition coefficient (Wildman–Crippen LogP) is 2.46. The Labute approximate surface area is 161 Å². The van der Waals surface area contributed by atoms with Crippen LogP contribution in [0.25, 0.3) is 0 Å². The minimum Gasteiger partial charge on any atom is -0.495 e. The maximum atomic E-state index is 13.2. The van der Waals surface area contributed by atoms with Gasteiger partial charge in [0.2, 0.25) is 15.9 Å². The smallest absolute Gasteiger partial charge is 0.243 e. The normalized spacial score (nSPS) is 13.8. The van der Waals surface area contributed by atoms with Gasteiger partial charge in [0.05, 0.1) is 24.2 Å². The van der Waals surface area contributed by atoms with E-state index in [2.05, 4.69) is 15.4 Å². The van der Waals surface area contributed by atoms with Gasteiger partial charge in [0, 0.05) is 17.8 Å². The minimum atomic E-state index is -3.66. The Morgan fingerprint density at radius 1 is 1.14 bits per heavy atom. The second-order valence-corrected chi connectivity index (χ2v) is 8.00. The molecule has 0 saturated heterocycles. The Kier molecular flexibility index (Phi) is 5.80. The number of halogens is 2. The number of benzene rings is 2. The molecule has 0 radical (unpaired) electrons. The number of carbonyl (C=O) groups is 1. The third-order valence-electron chi connectivity index (χ3n) is 4.02. The van der Waals surface area contributed by atoms with E-state index < -0.39 is 27.6 Å². The van der Waals surface area contributed by atoms with E-state index in [0.29, 0.717) is 11.4 Å². The first-order valence-electron chi connectivity index (χ1n) is 8.47. The van der Waals surface area contributed by atoms with Crippen molar-refractivity contribution < 1.29 is 26.7 Å². The first kappa shape index (κ1) is 20.0. The summed E-state index contributed by atoms with van der Waals surface area (Å²) in [5, 5.41) is 5.21. The third-order valence-corrected chi connectivity index (χ3v) is 5.54. The van der Waals surface area contributed by atoms with Gasteiger partial charge in [-0.2, -0.15) is 0 Å². The van der Waals surface area contributed by atoms with Crippen LogP contribution in [-0.2, 0) is 14.8 Å². The zero-order valence-corrected chi connectivity index (χ0v) is 15.8. The summed E-state index contributed by atoms with van der Waals surface area (Å²) >= 11 is 0. The fraction of sp³-hybridized carbons (Fsp3) is 0.278. The zero-order valence-electron chi connectivity index (χ0n) is 15.0. The predicted molar refractivity (Wildman–Crippen MR) is 99.8 cm³/mol. The lowest BCUT2D eigenvalue weighted by atomic mass is 10.3. The number of sulfonamides is 1. The average Bonchev–Trinajstić information content (AvgIpc) is 3.46. The SMILES string of the molecule is COc1ccc(S(=O)(=O)NC2CC2)cc1NCC(=O)Nc1ccc(F)c(F)c1. The van der Waals surface area contributed by atoms with Crippen LogP contribution in [0.5, 0.6) is 5.75 Å². The summed E-state index contributed by atoms with van der Waals surface area (Å²) in [6, 6.07) is 7.23. The molecular formula is C18H19F2N3O4S. The van der Waals surface area contributed by atoms with Gasteiger partial charge in [-0.1, -0.05) is 0 Å². The molecule has 1 saturated carbocycles. The Morgan fingerprint density at radius 2 is 1.89 bits per heavy atom. The van der Waals surface area contributed by atoms with Crippen LogP contribution < -0.4 is 20.1 Å². The first-order chi connectivity index (χ1) is 13.3. The number of carbonyl (C=O) groups excluding carboxylic acids is 1. The highest BCUT2D eigenvalue weighted by Gasteiger charge is 2.28. The van der Waals surface area contributed by atoms with Gasteiger partial charge in [0.1, 0.15) is 5.75 Å². The van der Waals surface area contributed by atoms with Gasteiger partial charge in [-0.25, -0.2) is 21.9 Å². The number of ether oxygens (including phenoxy) is 1. The molecule has 3 rings (SSSR count). The fourth-order valence-electron chi connectivity index (χ4n) is 2.44. The van der Waals surface area contributed by atoms with E-state index in [1.165, 1.54) is 31.4 Å². The highest BCUT2D eigenvalue weighted by Crippen LogP contribution is 2.29. The molecule has 2 aromatic rings. The molecule has 10 heteroatoms. The van der Waals surface area contributed by atoms with E-state index in [-0.39, 0.29) is 23.2 Å². The van der Waals surface area contributed by atoms with E-state index in [9.17, 15) is 22.0 Å². The molecule has 0 bridgehead atoms. The zero-order chi connectivity index (χ0) is 20.3. The summed E-state index contributed by atoms with van der Waals surface area (Å²) < 4.78 is 58.6. The average molecular weight is 411 g/mol. The van der Waals surface area contributed by atoms with Crippen molar-refractivity contribution >= 4 is 27.3 Å². The van der Waals surface area contributed by atoms with E-state index in [1.807, 2.05) is 0 Å². The Balaban J connectivity index is 1.69. The lowest BCUT2D eigenvalue weighted by Gasteiger charge is -2.14. The molecule has 0 atom stereocenters. The molecule has 0 aromatic heterocycles. The summed E-state index contributed by atoms with van der Waals surface area (Å²) in [6.45, 7) is -0.241. The highest BCUT2D eigenvalue weighted by molar-refractivity contribution is 7.89. The molecule has 0 spiro atoms. The topological polar surface area (TPSA) is 96.5 Å². The monoisotopic (exact) mass is 411 g/mol. The van der Waals surface area contributed by atoms with Gasteiger partial charge in [-0.3, -0.25) is 4.79 Å². The van der Waals surface area contributed by atoms with Crippen molar-refractivity contribution in [1.29, 1.82) is 0 Å². The number of hydrogen-bond donors (Lipinski definition) is 3. The summed E-state index contributed by atoms with van der Waals surface area (Å²) in [4.78, 5) is 12.1. The van der Waals surface area contributed by atoms with Crippen molar-refractivity contribution in [1.82, 2.24) is 4.72 Å². The van der Waals surface area contributed by atoms with Crippen molar-refractivity contribution in [2.24, 2.45) is 0 Å². The molecule has 7 nitrogen and oxygen atoms in total. The lowest BCUT2D eigenvalue weighted by molar-refractivity contribution is -0.114. The third kappa shape index (κ3) is 4.96. The standard InChI is InChI=1S/C18H19F2N3O4S/c1-27-17-7-5-13(28(25,26)23-11-2-3-11)9-16(17)21-10-18(24)22-12-4-6-14(19)15(20)8-12/h4-9,11,21,23H,2-3,10H2,1H3,(H,22,24). The first-order valence-corrected chi connectivity index (χ1v) is 9.96. The Bertz CT molecular complexity index is 994. The fourth-order valence-corrected chi connectivity index (χ4v) is 3.77. The van der Waals surface area contributed by atoms with Crippen molar-refractivity contribution in [3.63, 3.8) is 0 Å². The van der Waals surface area contributed by atoms with Crippen LogP contribution in [0.2, 0.25) is 0 Å².